The van der Waals surface area contributed by atoms with Crippen molar-refractivity contribution in [3.8, 4) is 0 Å². The maximum absolute atomic E-state index is 13.0. The molecule has 1 aliphatic rings. The van der Waals surface area contributed by atoms with Gasteiger partial charge in [0.05, 0.1) is 4.47 Å². The Kier molecular flexibility index (Phi) is 2.25. The Morgan fingerprint density at radius 3 is 2.92 bits per heavy atom. The molecule has 0 aliphatic heterocycles. The monoisotopic (exact) mass is 338 g/mol. The average Bonchev–Trinajstić information content (AvgIpc) is 2.35. The maximum Gasteiger partial charge on any atom is 0.137 e. The van der Waals surface area contributed by atoms with Crippen molar-refractivity contribution in [3.63, 3.8) is 0 Å². The molecule has 0 amide bonds. The lowest BCUT2D eigenvalue weighted by molar-refractivity contribution is 0.619. The molecule has 0 aromatic heterocycles. The van der Waals surface area contributed by atoms with Crippen LogP contribution in [0.5, 0.6) is 0 Å². The largest absolute Gasteiger partial charge is 0.206 e. The second-order valence-electron chi connectivity index (χ2n) is 2.68. The van der Waals surface area contributed by atoms with Crippen molar-refractivity contribution in [2.75, 3.05) is 0 Å². The third kappa shape index (κ3) is 1.33. The summed E-state index contributed by atoms with van der Waals surface area (Å²) in [6.07, 6.45) is 2.97. The second-order valence-corrected chi connectivity index (χ2v) is 4.70. The molecule has 1 aromatic carbocycles. The van der Waals surface area contributed by atoms with Gasteiger partial charge >= 0.3 is 0 Å². The molecule has 62 valence electrons. The van der Waals surface area contributed by atoms with Crippen LogP contribution in [-0.4, -0.2) is 0 Å². The summed E-state index contributed by atoms with van der Waals surface area (Å²) < 4.78 is 14.8. The molecule has 0 saturated heterocycles. The van der Waals surface area contributed by atoms with Crippen molar-refractivity contribution in [2.24, 2.45) is 0 Å². The highest BCUT2D eigenvalue weighted by atomic mass is 127. The molecule has 12 heavy (non-hydrogen) atoms. The van der Waals surface area contributed by atoms with Crippen LogP contribution in [0.3, 0.4) is 0 Å². The summed E-state index contributed by atoms with van der Waals surface area (Å²) in [7, 11) is 0. The van der Waals surface area contributed by atoms with Crippen molar-refractivity contribution in [1.29, 1.82) is 0 Å². The highest BCUT2D eigenvalue weighted by Crippen LogP contribution is 2.35. The molecule has 0 heterocycles. The first-order valence-corrected chi connectivity index (χ1v) is 5.39. The number of rotatable bonds is 0. The fraction of sp³-hybridized carbons (Fsp3) is 0.111. The van der Waals surface area contributed by atoms with Gasteiger partial charge in [-0.05, 0) is 68.2 Å². The number of halogens is 3. The van der Waals surface area contributed by atoms with E-state index in [-0.39, 0.29) is 5.82 Å². The van der Waals surface area contributed by atoms with E-state index in [2.05, 4.69) is 44.6 Å². The molecule has 0 nitrogen and oxygen atoms in total. The Hall–Kier alpha value is 0.1000. The molecule has 0 atom stereocenters. The quantitative estimate of drug-likeness (QED) is 0.629. The molecule has 3 heteroatoms. The number of allylic oxidation sites excluding steroid dienone is 1. The normalized spacial score (nSPS) is 14.4. The van der Waals surface area contributed by atoms with Crippen molar-refractivity contribution in [3.05, 3.63) is 39.6 Å². The van der Waals surface area contributed by atoms with Crippen molar-refractivity contribution in [1.82, 2.24) is 0 Å². The van der Waals surface area contributed by atoms with Crippen LogP contribution < -0.4 is 0 Å². The second kappa shape index (κ2) is 3.10. The number of fused-ring (bicyclic) bond motifs is 1. The van der Waals surface area contributed by atoms with E-state index in [9.17, 15) is 4.39 Å². The van der Waals surface area contributed by atoms with E-state index in [1.165, 1.54) is 3.58 Å². The summed E-state index contributed by atoms with van der Waals surface area (Å²) in [5.41, 5.74) is 2.24. The average molecular weight is 339 g/mol. The fourth-order valence-corrected chi connectivity index (χ4v) is 2.35. The summed E-state index contributed by atoms with van der Waals surface area (Å²) >= 11 is 5.44. The first kappa shape index (κ1) is 8.69. The Morgan fingerprint density at radius 1 is 1.42 bits per heavy atom. The van der Waals surface area contributed by atoms with E-state index in [0.29, 0.717) is 4.47 Å². The van der Waals surface area contributed by atoms with Gasteiger partial charge in [0.1, 0.15) is 5.82 Å². The Morgan fingerprint density at radius 2 is 2.17 bits per heavy atom. The van der Waals surface area contributed by atoms with Gasteiger partial charge in [0, 0.05) is 3.58 Å². The summed E-state index contributed by atoms with van der Waals surface area (Å²) in [5.74, 6) is -0.173. The molecule has 0 bridgehead atoms. The van der Waals surface area contributed by atoms with Crippen LogP contribution in [0.1, 0.15) is 11.1 Å². The molecule has 1 aromatic rings. The zero-order chi connectivity index (χ0) is 8.72. The van der Waals surface area contributed by atoms with Gasteiger partial charge in [0.2, 0.25) is 0 Å². The van der Waals surface area contributed by atoms with Gasteiger partial charge < -0.3 is 0 Å². The molecular formula is C9H5BrFI. The zero-order valence-corrected chi connectivity index (χ0v) is 9.82. The molecule has 2 rings (SSSR count). The van der Waals surface area contributed by atoms with Gasteiger partial charge in [-0.3, -0.25) is 0 Å². The molecule has 0 N–H and O–H groups in total. The standard InChI is InChI=1S/C9H5BrFI/c10-7-4-6-5(3-8(7)11)1-2-9(6)12/h2-4H,1H2. The van der Waals surface area contributed by atoms with Crippen LogP contribution in [0.25, 0.3) is 3.58 Å². The first-order valence-electron chi connectivity index (χ1n) is 3.52. The van der Waals surface area contributed by atoms with Crippen LogP contribution in [-0.2, 0) is 6.42 Å². The van der Waals surface area contributed by atoms with Crippen LogP contribution >= 0.6 is 38.5 Å². The number of hydrogen-bond acceptors (Lipinski definition) is 0. The predicted molar refractivity (Wildman–Crippen MR) is 59.8 cm³/mol. The van der Waals surface area contributed by atoms with Gasteiger partial charge in [-0.25, -0.2) is 4.39 Å². The van der Waals surface area contributed by atoms with Gasteiger partial charge in [0.25, 0.3) is 0 Å². The lowest BCUT2D eigenvalue weighted by atomic mass is 10.1. The van der Waals surface area contributed by atoms with Crippen molar-refractivity contribution in [2.45, 2.75) is 6.42 Å². The third-order valence-corrected chi connectivity index (χ3v) is 3.53. The van der Waals surface area contributed by atoms with E-state index in [1.54, 1.807) is 6.07 Å². The number of hydrogen-bond donors (Lipinski definition) is 0. The Balaban J connectivity index is 2.63. The predicted octanol–water partition coefficient (Wildman–Crippen LogP) is 3.92. The highest BCUT2D eigenvalue weighted by molar-refractivity contribution is 14.1. The van der Waals surface area contributed by atoms with E-state index in [1.807, 2.05) is 6.07 Å². The molecular weight excluding hydrogens is 334 g/mol. The fourth-order valence-electron chi connectivity index (χ4n) is 1.29. The van der Waals surface area contributed by atoms with Crippen LogP contribution in [0.4, 0.5) is 4.39 Å². The minimum atomic E-state index is -0.173. The minimum Gasteiger partial charge on any atom is -0.206 e. The smallest absolute Gasteiger partial charge is 0.137 e. The Bertz CT molecular complexity index is 371. The Labute approximate surface area is 92.1 Å². The van der Waals surface area contributed by atoms with Gasteiger partial charge in [0.15, 0.2) is 0 Å². The van der Waals surface area contributed by atoms with E-state index in [0.717, 1.165) is 17.5 Å². The van der Waals surface area contributed by atoms with E-state index in [4.69, 9.17) is 0 Å². The minimum absolute atomic E-state index is 0.173. The van der Waals surface area contributed by atoms with Crippen LogP contribution in [0.15, 0.2) is 22.7 Å². The molecule has 1 aliphatic carbocycles. The lowest BCUT2D eigenvalue weighted by Crippen LogP contribution is -1.86. The zero-order valence-electron chi connectivity index (χ0n) is 6.07. The molecule has 0 fully saturated rings. The van der Waals surface area contributed by atoms with Crippen LogP contribution in [0, 0.1) is 5.82 Å². The van der Waals surface area contributed by atoms with Gasteiger partial charge in [-0.1, -0.05) is 6.08 Å². The van der Waals surface area contributed by atoms with Gasteiger partial charge in [-0.15, -0.1) is 0 Å². The van der Waals surface area contributed by atoms with Gasteiger partial charge in [-0.2, -0.15) is 0 Å². The van der Waals surface area contributed by atoms with E-state index < -0.39 is 0 Å². The van der Waals surface area contributed by atoms with Crippen molar-refractivity contribution >= 4 is 42.1 Å². The third-order valence-electron chi connectivity index (χ3n) is 1.90. The summed E-state index contributed by atoms with van der Waals surface area (Å²) in [5, 5.41) is 0. The first-order chi connectivity index (χ1) is 5.68. The highest BCUT2D eigenvalue weighted by Gasteiger charge is 2.14. The number of benzene rings is 1. The van der Waals surface area contributed by atoms with E-state index >= 15 is 0 Å². The lowest BCUT2D eigenvalue weighted by Gasteiger charge is -2.01. The van der Waals surface area contributed by atoms with Crippen molar-refractivity contribution < 1.29 is 4.39 Å². The SMILES string of the molecule is Fc1cc2c(cc1Br)C(I)=CC2. The summed E-state index contributed by atoms with van der Waals surface area (Å²) in [6.45, 7) is 0. The maximum atomic E-state index is 13.0. The van der Waals surface area contributed by atoms with Crippen LogP contribution in [0.2, 0.25) is 0 Å². The summed E-state index contributed by atoms with van der Waals surface area (Å²) in [6, 6.07) is 3.44. The molecule has 0 radical (unpaired) electrons. The summed E-state index contributed by atoms with van der Waals surface area (Å²) in [4.78, 5) is 0. The molecule has 0 spiro atoms. The molecule has 0 saturated carbocycles. The molecule has 0 unspecified atom stereocenters. The topological polar surface area (TPSA) is 0 Å².